The lowest BCUT2D eigenvalue weighted by atomic mass is 9.94. The van der Waals surface area contributed by atoms with Crippen molar-refractivity contribution >= 4 is 0 Å². The molecule has 0 fully saturated rings. The molecule has 0 aliphatic heterocycles. The fraction of sp³-hybridized carbons (Fsp3) is 0.333. The Hall–Kier alpha value is -2.75. The van der Waals surface area contributed by atoms with E-state index in [9.17, 15) is 13.2 Å². The van der Waals surface area contributed by atoms with Gasteiger partial charge in [-0.1, -0.05) is 63.6 Å². The second-order valence-corrected chi connectivity index (χ2v) is 7.81. The number of benzene rings is 3. The zero-order chi connectivity index (χ0) is 22.1. The van der Waals surface area contributed by atoms with Gasteiger partial charge in [0.1, 0.15) is 23.2 Å². The van der Waals surface area contributed by atoms with Gasteiger partial charge in [0, 0.05) is 5.56 Å². The van der Waals surface area contributed by atoms with Crippen LogP contribution in [0, 0.1) is 17.5 Å². The predicted octanol–water partition coefficient (Wildman–Crippen LogP) is 8.57. The number of ether oxygens (including phenoxy) is 1. The molecule has 0 amide bonds. The van der Waals surface area contributed by atoms with Crippen molar-refractivity contribution in [2.75, 3.05) is 6.61 Å². The number of hydrogen-bond donors (Lipinski definition) is 0. The quantitative estimate of drug-likeness (QED) is 0.279. The Labute approximate surface area is 182 Å². The maximum absolute atomic E-state index is 14.3. The molecule has 0 aromatic heterocycles. The molecule has 0 atom stereocenters. The summed E-state index contributed by atoms with van der Waals surface area (Å²) in [6.07, 6.45) is 8.57. The molecule has 0 bridgehead atoms. The molecule has 3 rings (SSSR count). The van der Waals surface area contributed by atoms with E-state index in [4.69, 9.17) is 4.74 Å². The minimum Gasteiger partial charge on any atom is -0.494 e. The molecule has 4 heteroatoms. The highest BCUT2D eigenvalue weighted by Gasteiger charge is 2.14. The summed E-state index contributed by atoms with van der Waals surface area (Å²) in [7, 11) is 0. The summed E-state index contributed by atoms with van der Waals surface area (Å²) < 4.78 is 47.8. The van der Waals surface area contributed by atoms with Gasteiger partial charge in [-0.25, -0.2) is 13.2 Å². The lowest BCUT2D eigenvalue weighted by Gasteiger charge is -2.13. The van der Waals surface area contributed by atoms with Gasteiger partial charge in [-0.3, -0.25) is 0 Å². The van der Waals surface area contributed by atoms with Crippen LogP contribution < -0.4 is 4.74 Å². The summed E-state index contributed by atoms with van der Waals surface area (Å²) in [6, 6.07) is 14.6. The molecule has 0 N–H and O–H groups in total. The number of unbranched alkanes of at least 4 members (excludes halogenated alkanes) is 6. The van der Waals surface area contributed by atoms with Gasteiger partial charge < -0.3 is 4.74 Å². The minimum absolute atomic E-state index is 0.106. The third-order valence-corrected chi connectivity index (χ3v) is 5.38. The van der Waals surface area contributed by atoms with E-state index in [0.717, 1.165) is 36.8 Å². The summed E-state index contributed by atoms with van der Waals surface area (Å²) in [5, 5.41) is 0. The van der Waals surface area contributed by atoms with Crippen LogP contribution in [0.5, 0.6) is 5.75 Å². The normalized spacial score (nSPS) is 11.0. The molecule has 0 aliphatic carbocycles. The van der Waals surface area contributed by atoms with Gasteiger partial charge in [-0.15, -0.1) is 0 Å². The van der Waals surface area contributed by atoms with E-state index in [1.54, 1.807) is 0 Å². The molecule has 3 aromatic carbocycles. The molecule has 0 saturated carbocycles. The lowest BCUT2D eigenvalue weighted by Crippen LogP contribution is -1.97. The molecule has 0 radical (unpaired) electrons. The van der Waals surface area contributed by atoms with Gasteiger partial charge in [0.05, 0.1) is 6.61 Å². The van der Waals surface area contributed by atoms with Gasteiger partial charge >= 0.3 is 0 Å². The van der Waals surface area contributed by atoms with Crippen LogP contribution in [-0.2, 0) is 0 Å². The maximum atomic E-state index is 14.3. The zero-order valence-electron chi connectivity index (χ0n) is 18.0. The van der Waals surface area contributed by atoms with Crippen LogP contribution in [0.2, 0.25) is 0 Å². The lowest BCUT2D eigenvalue weighted by molar-refractivity contribution is 0.304. The van der Waals surface area contributed by atoms with Crippen LogP contribution in [-0.4, -0.2) is 6.61 Å². The Morgan fingerprint density at radius 2 is 1.23 bits per heavy atom. The number of rotatable bonds is 11. The molecule has 3 aromatic rings. The minimum atomic E-state index is -0.552. The van der Waals surface area contributed by atoms with Crippen molar-refractivity contribution in [2.24, 2.45) is 0 Å². The molecule has 1 nitrogen and oxygen atoms in total. The third-order valence-electron chi connectivity index (χ3n) is 5.38. The smallest absolute Gasteiger partial charge is 0.131 e. The molecule has 31 heavy (non-hydrogen) atoms. The molecular formula is C27H29F3O. The maximum Gasteiger partial charge on any atom is 0.131 e. The van der Waals surface area contributed by atoms with E-state index in [1.807, 2.05) is 24.3 Å². The van der Waals surface area contributed by atoms with Crippen molar-refractivity contribution in [3.8, 4) is 28.0 Å². The Morgan fingerprint density at radius 3 is 1.94 bits per heavy atom. The number of halogens is 3. The van der Waals surface area contributed by atoms with Gasteiger partial charge in [0.25, 0.3) is 0 Å². The van der Waals surface area contributed by atoms with Crippen LogP contribution in [0.4, 0.5) is 13.2 Å². The van der Waals surface area contributed by atoms with Gasteiger partial charge in [-0.05, 0) is 65.6 Å². The Bertz CT molecular complexity index is 967. The molecular weight excluding hydrogens is 397 g/mol. The summed E-state index contributed by atoms with van der Waals surface area (Å²) >= 11 is 0. The van der Waals surface area contributed by atoms with Crippen LogP contribution in [0.25, 0.3) is 22.3 Å². The first-order valence-corrected chi connectivity index (χ1v) is 11.1. The summed E-state index contributed by atoms with van der Waals surface area (Å²) in [4.78, 5) is 0. The van der Waals surface area contributed by atoms with Crippen LogP contribution >= 0.6 is 0 Å². The Kier molecular flexibility index (Phi) is 8.57. The highest BCUT2D eigenvalue weighted by Crippen LogP contribution is 2.35. The van der Waals surface area contributed by atoms with E-state index in [0.29, 0.717) is 23.3 Å². The molecule has 0 aliphatic rings. The molecule has 0 saturated heterocycles. The van der Waals surface area contributed by atoms with Crippen molar-refractivity contribution in [3.63, 3.8) is 0 Å². The van der Waals surface area contributed by atoms with Crippen LogP contribution in [0.1, 0.15) is 51.9 Å². The first kappa shape index (κ1) is 22.9. The third kappa shape index (κ3) is 6.61. The van der Waals surface area contributed by atoms with Gasteiger partial charge in [0.2, 0.25) is 0 Å². The summed E-state index contributed by atoms with van der Waals surface area (Å²) in [5.41, 5.74) is 1.76. The first-order chi connectivity index (χ1) is 15.1. The van der Waals surface area contributed by atoms with Gasteiger partial charge in [-0.2, -0.15) is 0 Å². The zero-order valence-corrected chi connectivity index (χ0v) is 18.0. The highest BCUT2D eigenvalue weighted by molar-refractivity contribution is 5.83. The molecule has 0 spiro atoms. The second kappa shape index (κ2) is 11.6. The predicted molar refractivity (Wildman–Crippen MR) is 121 cm³/mol. The van der Waals surface area contributed by atoms with E-state index in [1.165, 1.54) is 50.3 Å². The van der Waals surface area contributed by atoms with Crippen molar-refractivity contribution < 1.29 is 17.9 Å². The van der Waals surface area contributed by atoms with Crippen LogP contribution in [0.3, 0.4) is 0 Å². The average molecular weight is 427 g/mol. The Balaban J connectivity index is 1.66. The fourth-order valence-corrected chi connectivity index (χ4v) is 3.67. The highest BCUT2D eigenvalue weighted by atomic mass is 19.1. The molecule has 0 heterocycles. The van der Waals surface area contributed by atoms with Crippen molar-refractivity contribution in [2.45, 2.75) is 51.9 Å². The topological polar surface area (TPSA) is 9.23 Å². The standard InChI is InChI=1S/C27H29F3O/c1-2-3-4-5-6-7-8-17-31-23-13-9-20(10-14-23)25-18-21(28)11-15-24(25)26-19-22(29)12-16-27(26)30/h9-16,18-19H,2-8,17H2,1H3. The first-order valence-electron chi connectivity index (χ1n) is 11.1. The van der Waals surface area contributed by atoms with Crippen LogP contribution in [0.15, 0.2) is 60.7 Å². The monoisotopic (exact) mass is 426 g/mol. The summed E-state index contributed by atoms with van der Waals surface area (Å²) in [6.45, 7) is 2.88. The van der Waals surface area contributed by atoms with Gasteiger partial charge in [0.15, 0.2) is 0 Å². The largest absolute Gasteiger partial charge is 0.494 e. The van der Waals surface area contributed by atoms with Crippen molar-refractivity contribution in [1.29, 1.82) is 0 Å². The van der Waals surface area contributed by atoms with E-state index < -0.39 is 17.5 Å². The summed E-state index contributed by atoms with van der Waals surface area (Å²) in [5.74, 6) is -0.788. The average Bonchev–Trinajstić information content (AvgIpc) is 2.78. The van der Waals surface area contributed by atoms with Crippen molar-refractivity contribution in [1.82, 2.24) is 0 Å². The SMILES string of the molecule is CCCCCCCCCOc1ccc(-c2cc(F)ccc2-c2cc(F)ccc2F)cc1. The molecule has 0 unspecified atom stereocenters. The Morgan fingerprint density at radius 1 is 0.613 bits per heavy atom. The second-order valence-electron chi connectivity index (χ2n) is 7.81. The fourth-order valence-electron chi connectivity index (χ4n) is 3.67. The van der Waals surface area contributed by atoms with E-state index >= 15 is 0 Å². The van der Waals surface area contributed by atoms with E-state index in [-0.39, 0.29) is 5.56 Å². The number of hydrogen-bond acceptors (Lipinski definition) is 1. The molecule has 164 valence electrons. The van der Waals surface area contributed by atoms with E-state index in [2.05, 4.69) is 6.92 Å². The van der Waals surface area contributed by atoms with Crippen molar-refractivity contribution in [3.05, 3.63) is 78.1 Å².